The second-order valence-corrected chi connectivity index (χ2v) is 9.97. The first-order valence-corrected chi connectivity index (χ1v) is 10.9. The Bertz CT molecular complexity index is 1040. The first kappa shape index (κ1) is 16.8. The molecule has 0 saturated heterocycles. The van der Waals surface area contributed by atoms with Gasteiger partial charge in [-0.25, -0.2) is 0 Å². The molecule has 0 N–H and O–H groups in total. The molecular formula is C25H25I. The summed E-state index contributed by atoms with van der Waals surface area (Å²) in [7, 11) is 0. The van der Waals surface area contributed by atoms with Crippen molar-refractivity contribution in [2.45, 2.75) is 46.0 Å². The van der Waals surface area contributed by atoms with Crippen molar-refractivity contribution in [1.29, 1.82) is 0 Å². The van der Waals surface area contributed by atoms with Crippen LogP contribution in [0.5, 0.6) is 0 Å². The van der Waals surface area contributed by atoms with Crippen LogP contribution in [-0.4, -0.2) is 0 Å². The van der Waals surface area contributed by atoms with Gasteiger partial charge in [-0.2, -0.15) is 0 Å². The summed E-state index contributed by atoms with van der Waals surface area (Å²) < 4.78 is 1.50. The average Bonchev–Trinajstić information content (AvgIpc) is 2.88. The molecule has 0 aliphatic heterocycles. The summed E-state index contributed by atoms with van der Waals surface area (Å²) in [5.41, 5.74) is 8.34. The first-order chi connectivity index (χ1) is 12.6. The first-order valence-electron chi connectivity index (χ1n) is 9.85. The predicted molar refractivity (Wildman–Crippen MR) is 119 cm³/mol. The molecule has 0 bridgehead atoms. The van der Waals surface area contributed by atoms with Crippen LogP contribution in [0.1, 0.15) is 46.0 Å². The highest BCUT2D eigenvalue weighted by atomic mass is 127. The summed E-state index contributed by atoms with van der Waals surface area (Å²) >= 11 is 2.52. The molecular weight excluding hydrogens is 427 g/mol. The van der Waals surface area contributed by atoms with Crippen molar-refractivity contribution in [3.8, 4) is 0 Å². The number of allylic oxidation sites excluding steroid dienone is 8. The lowest BCUT2D eigenvalue weighted by atomic mass is 9.72. The molecule has 0 saturated carbocycles. The highest BCUT2D eigenvalue weighted by Crippen LogP contribution is 2.58. The molecule has 0 aromatic heterocycles. The van der Waals surface area contributed by atoms with E-state index in [2.05, 4.69) is 85.0 Å². The van der Waals surface area contributed by atoms with Gasteiger partial charge in [-0.3, -0.25) is 0 Å². The van der Waals surface area contributed by atoms with Gasteiger partial charge in [0.05, 0.1) is 0 Å². The van der Waals surface area contributed by atoms with E-state index >= 15 is 0 Å². The Hall–Kier alpha value is -1.35. The van der Waals surface area contributed by atoms with Gasteiger partial charge in [0.15, 0.2) is 0 Å². The lowest BCUT2D eigenvalue weighted by Gasteiger charge is -2.32. The Morgan fingerprint density at radius 3 is 2.73 bits per heavy atom. The topological polar surface area (TPSA) is 0 Å². The fourth-order valence-corrected chi connectivity index (χ4v) is 6.06. The molecule has 1 unspecified atom stereocenters. The maximum Gasteiger partial charge on any atom is -0.00223 e. The number of fused-ring (bicyclic) bond motifs is 3. The van der Waals surface area contributed by atoms with Crippen molar-refractivity contribution in [3.05, 3.63) is 78.8 Å². The molecule has 1 aromatic carbocycles. The van der Waals surface area contributed by atoms with E-state index in [0.717, 1.165) is 0 Å². The molecule has 26 heavy (non-hydrogen) atoms. The average molecular weight is 452 g/mol. The van der Waals surface area contributed by atoms with Crippen molar-refractivity contribution in [2.24, 2.45) is 11.3 Å². The number of hydrogen-bond acceptors (Lipinski definition) is 0. The van der Waals surface area contributed by atoms with Gasteiger partial charge in [-0.1, -0.05) is 62.4 Å². The van der Waals surface area contributed by atoms with Gasteiger partial charge < -0.3 is 0 Å². The van der Waals surface area contributed by atoms with Crippen LogP contribution in [0.3, 0.4) is 0 Å². The van der Waals surface area contributed by atoms with Crippen LogP contribution in [0.15, 0.2) is 68.4 Å². The van der Waals surface area contributed by atoms with E-state index in [9.17, 15) is 0 Å². The maximum atomic E-state index is 2.59. The summed E-state index contributed by atoms with van der Waals surface area (Å²) in [5, 5.41) is 2.90. The highest BCUT2D eigenvalue weighted by molar-refractivity contribution is 14.1. The second-order valence-electron chi connectivity index (χ2n) is 8.58. The monoisotopic (exact) mass is 452 g/mol. The highest BCUT2D eigenvalue weighted by Gasteiger charge is 2.45. The maximum absolute atomic E-state index is 2.59. The van der Waals surface area contributed by atoms with Crippen molar-refractivity contribution in [1.82, 2.24) is 0 Å². The molecule has 0 radical (unpaired) electrons. The number of rotatable bonds is 1. The number of hydrogen-bond donors (Lipinski definition) is 0. The third kappa shape index (κ3) is 2.46. The van der Waals surface area contributed by atoms with Crippen LogP contribution in [-0.2, 0) is 0 Å². The molecule has 1 aromatic rings. The van der Waals surface area contributed by atoms with Gasteiger partial charge in [0.1, 0.15) is 0 Å². The van der Waals surface area contributed by atoms with Gasteiger partial charge in [0.2, 0.25) is 0 Å². The molecule has 0 nitrogen and oxygen atoms in total. The van der Waals surface area contributed by atoms with Crippen LogP contribution in [0.4, 0.5) is 0 Å². The molecule has 5 rings (SSSR count). The molecule has 0 heterocycles. The molecule has 4 aliphatic carbocycles. The van der Waals surface area contributed by atoms with Crippen molar-refractivity contribution in [3.63, 3.8) is 0 Å². The van der Waals surface area contributed by atoms with E-state index < -0.39 is 0 Å². The van der Waals surface area contributed by atoms with Gasteiger partial charge in [-0.05, 0) is 108 Å². The third-order valence-electron chi connectivity index (χ3n) is 6.85. The number of benzene rings is 1. The molecule has 0 fully saturated rings. The standard InChI is InChI=1S/C25H25I/c1-25(2)23-14-17(20-9-5-7-16-6-3-4-8-19(16)20)10-12-21(23)22-13-11-18(26)15-24(22)25/h3-4,6-8,11,13-14,24H,5,9-10,12,15H2,1-2H3. The largest absolute Gasteiger partial charge is 0.0763 e. The van der Waals surface area contributed by atoms with Gasteiger partial charge in [0, 0.05) is 0 Å². The van der Waals surface area contributed by atoms with Crippen LogP contribution in [0.2, 0.25) is 0 Å². The smallest absolute Gasteiger partial charge is 0.00223 e. The summed E-state index contributed by atoms with van der Waals surface area (Å²) in [5.74, 6) is 0.664. The fourth-order valence-electron chi connectivity index (χ4n) is 5.44. The van der Waals surface area contributed by atoms with Crippen LogP contribution in [0, 0.1) is 11.3 Å². The van der Waals surface area contributed by atoms with Crippen molar-refractivity contribution in [2.75, 3.05) is 0 Å². The molecule has 0 spiro atoms. The zero-order chi connectivity index (χ0) is 17.9. The van der Waals surface area contributed by atoms with Gasteiger partial charge >= 0.3 is 0 Å². The molecule has 0 amide bonds. The third-order valence-corrected chi connectivity index (χ3v) is 7.65. The van der Waals surface area contributed by atoms with E-state index in [1.807, 2.05) is 0 Å². The summed E-state index contributed by atoms with van der Waals surface area (Å²) in [4.78, 5) is 0. The number of halogens is 1. The minimum atomic E-state index is 0.248. The van der Waals surface area contributed by atoms with Gasteiger partial charge in [-0.15, -0.1) is 0 Å². The quantitative estimate of drug-likeness (QED) is 0.478. The van der Waals surface area contributed by atoms with E-state index in [4.69, 9.17) is 0 Å². The molecule has 132 valence electrons. The zero-order valence-corrected chi connectivity index (χ0v) is 17.8. The van der Waals surface area contributed by atoms with E-state index in [0.29, 0.717) is 5.92 Å². The Balaban J connectivity index is 1.67. The van der Waals surface area contributed by atoms with Crippen LogP contribution in [0.25, 0.3) is 11.6 Å². The fraction of sp³-hybridized carbons (Fsp3) is 0.360. The lowest BCUT2D eigenvalue weighted by Crippen LogP contribution is -2.30. The Morgan fingerprint density at radius 1 is 1.00 bits per heavy atom. The van der Waals surface area contributed by atoms with E-state index in [1.165, 1.54) is 46.1 Å². The van der Waals surface area contributed by atoms with E-state index in [1.54, 1.807) is 27.9 Å². The summed E-state index contributed by atoms with van der Waals surface area (Å²) in [6.07, 6.45) is 15.7. The lowest BCUT2D eigenvalue weighted by molar-refractivity contribution is 0.335. The zero-order valence-electron chi connectivity index (χ0n) is 15.6. The Kier molecular flexibility index (Phi) is 3.93. The molecule has 1 atom stereocenters. The van der Waals surface area contributed by atoms with E-state index in [-0.39, 0.29) is 5.41 Å². The summed E-state index contributed by atoms with van der Waals surface area (Å²) in [6, 6.07) is 8.95. The van der Waals surface area contributed by atoms with Crippen LogP contribution < -0.4 is 10.4 Å². The minimum absolute atomic E-state index is 0.248. The SMILES string of the molecule is CC1(C)C2=C(CCC(C3=c4ccccc4=CCC3)=C2)C2=CC=C(I)CC21. The van der Waals surface area contributed by atoms with Crippen LogP contribution >= 0.6 is 22.6 Å². The molecule has 4 aliphatic rings. The van der Waals surface area contributed by atoms with Crippen molar-refractivity contribution >= 4 is 34.2 Å². The van der Waals surface area contributed by atoms with Crippen molar-refractivity contribution < 1.29 is 0 Å². The summed E-state index contributed by atoms with van der Waals surface area (Å²) in [6.45, 7) is 4.94. The normalized spacial score (nSPS) is 26.2. The molecule has 1 heteroatoms. The predicted octanol–water partition coefficient (Wildman–Crippen LogP) is 5.73. The Labute approximate surface area is 169 Å². The van der Waals surface area contributed by atoms with Gasteiger partial charge in [0.25, 0.3) is 0 Å². The minimum Gasteiger partial charge on any atom is -0.0763 e. The second kappa shape index (κ2) is 6.09. The Morgan fingerprint density at radius 2 is 1.85 bits per heavy atom.